The number of pyridine rings is 1. The summed E-state index contributed by atoms with van der Waals surface area (Å²) in [7, 11) is 0. The van der Waals surface area contributed by atoms with E-state index in [0.29, 0.717) is 16.5 Å². The van der Waals surface area contributed by atoms with Crippen LogP contribution in [-0.4, -0.2) is 20.6 Å². The van der Waals surface area contributed by atoms with Crippen LogP contribution in [0.3, 0.4) is 0 Å². The number of para-hydroxylation sites is 1. The van der Waals surface area contributed by atoms with E-state index >= 15 is 0 Å². The van der Waals surface area contributed by atoms with Crippen molar-refractivity contribution in [3.05, 3.63) is 88.3 Å². The standard InChI is InChI=1S/C21H15ClN4O3/c22-16-10-4-5-11-17(16)23-18(27)13-26-12-6-9-15(21(26)28)20-24-19(25-29-20)14-7-2-1-3-8-14/h1-12H,13H2,(H,23,27). The fourth-order valence-electron chi connectivity index (χ4n) is 2.77. The van der Waals surface area contributed by atoms with E-state index in [1.807, 2.05) is 30.3 Å². The van der Waals surface area contributed by atoms with Gasteiger partial charge >= 0.3 is 0 Å². The lowest BCUT2D eigenvalue weighted by Crippen LogP contribution is -2.28. The Labute approximate surface area is 170 Å². The van der Waals surface area contributed by atoms with E-state index in [2.05, 4.69) is 15.5 Å². The van der Waals surface area contributed by atoms with Crippen LogP contribution in [0.25, 0.3) is 22.8 Å². The molecule has 0 unspecified atom stereocenters. The first-order valence-electron chi connectivity index (χ1n) is 8.75. The Morgan fingerprint density at radius 2 is 1.79 bits per heavy atom. The molecule has 0 saturated carbocycles. The Hall–Kier alpha value is -3.71. The third-order valence-electron chi connectivity index (χ3n) is 4.17. The molecule has 4 rings (SSSR count). The summed E-state index contributed by atoms with van der Waals surface area (Å²) in [5.41, 5.74) is 1.06. The van der Waals surface area contributed by atoms with E-state index in [1.165, 1.54) is 10.8 Å². The van der Waals surface area contributed by atoms with Crippen LogP contribution in [0.5, 0.6) is 0 Å². The van der Waals surface area contributed by atoms with Crippen molar-refractivity contribution in [3.8, 4) is 22.8 Å². The quantitative estimate of drug-likeness (QED) is 0.543. The van der Waals surface area contributed by atoms with Gasteiger partial charge in [-0.05, 0) is 24.3 Å². The molecule has 2 aromatic carbocycles. The second-order valence-electron chi connectivity index (χ2n) is 6.17. The van der Waals surface area contributed by atoms with Crippen LogP contribution in [0.4, 0.5) is 5.69 Å². The van der Waals surface area contributed by atoms with Gasteiger partial charge in [0.15, 0.2) is 0 Å². The lowest BCUT2D eigenvalue weighted by Gasteiger charge is -2.09. The minimum atomic E-state index is -0.412. The van der Waals surface area contributed by atoms with Gasteiger partial charge in [0.25, 0.3) is 11.4 Å². The van der Waals surface area contributed by atoms with Gasteiger partial charge in [-0.15, -0.1) is 0 Å². The molecule has 4 aromatic rings. The molecule has 0 saturated heterocycles. The van der Waals surface area contributed by atoms with Crippen LogP contribution in [0.1, 0.15) is 0 Å². The Morgan fingerprint density at radius 3 is 2.59 bits per heavy atom. The lowest BCUT2D eigenvalue weighted by atomic mass is 10.2. The number of rotatable bonds is 5. The number of halogens is 1. The molecule has 0 spiro atoms. The predicted octanol–water partition coefficient (Wildman–Crippen LogP) is 3.86. The molecule has 0 aliphatic rings. The lowest BCUT2D eigenvalue weighted by molar-refractivity contribution is -0.116. The van der Waals surface area contributed by atoms with Crippen molar-refractivity contribution < 1.29 is 9.32 Å². The van der Waals surface area contributed by atoms with E-state index in [4.69, 9.17) is 16.1 Å². The summed E-state index contributed by atoms with van der Waals surface area (Å²) in [4.78, 5) is 29.4. The summed E-state index contributed by atoms with van der Waals surface area (Å²) in [6, 6.07) is 19.4. The van der Waals surface area contributed by atoms with Crippen LogP contribution < -0.4 is 10.9 Å². The second-order valence-corrected chi connectivity index (χ2v) is 6.58. The molecule has 0 aliphatic heterocycles. The maximum Gasteiger partial charge on any atom is 0.263 e. The van der Waals surface area contributed by atoms with E-state index in [1.54, 1.807) is 36.4 Å². The van der Waals surface area contributed by atoms with Crippen molar-refractivity contribution in [3.63, 3.8) is 0 Å². The van der Waals surface area contributed by atoms with Gasteiger partial charge in [0, 0.05) is 11.8 Å². The minimum absolute atomic E-state index is 0.0923. The first kappa shape index (κ1) is 18.6. The predicted molar refractivity (Wildman–Crippen MR) is 110 cm³/mol. The molecule has 2 aromatic heterocycles. The highest BCUT2D eigenvalue weighted by Crippen LogP contribution is 2.21. The normalized spacial score (nSPS) is 10.7. The van der Waals surface area contributed by atoms with Crippen molar-refractivity contribution >= 4 is 23.2 Å². The number of nitrogens with zero attached hydrogens (tertiary/aromatic N) is 3. The Kier molecular flexibility index (Phi) is 5.22. The van der Waals surface area contributed by atoms with Crippen molar-refractivity contribution in [1.82, 2.24) is 14.7 Å². The van der Waals surface area contributed by atoms with E-state index < -0.39 is 5.56 Å². The molecule has 2 heterocycles. The maximum atomic E-state index is 12.8. The van der Waals surface area contributed by atoms with Crippen molar-refractivity contribution in [2.24, 2.45) is 0 Å². The third kappa shape index (κ3) is 4.09. The minimum Gasteiger partial charge on any atom is -0.333 e. The van der Waals surface area contributed by atoms with Crippen LogP contribution >= 0.6 is 11.6 Å². The highest BCUT2D eigenvalue weighted by Gasteiger charge is 2.16. The zero-order valence-electron chi connectivity index (χ0n) is 15.1. The average molecular weight is 407 g/mol. The first-order valence-corrected chi connectivity index (χ1v) is 9.13. The number of nitrogens with one attached hydrogen (secondary N) is 1. The number of carbonyl (C=O) groups excluding carboxylic acids is 1. The summed E-state index contributed by atoms with van der Waals surface area (Å²) in [5.74, 6) is 0.0921. The molecule has 0 aliphatic carbocycles. The molecule has 7 nitrogen and oxygen atoms in total. The molecule has 29 heavy (non-hydrogen) atoms. The van der Waals surface area contributed by atoms with Crippen LogP contribution in [0.15, 0.2) is 82.2 Å². The third-order valence-corrected chi connectivity index (χ3v) is 4.50. The summed E-state index contributed by atoms with van der Waals surface area (Å²) < 4.78 is 6.54. The van der Waals surface area contributed by atoms with Gasteiger partial charge in [0.1, 0.15) is 12.1 Å². The van der Waals surface area contributed by atoms with E-state index in [0.717, 1.165) is 5.56 Å². The highest BCUT2D eigenvalue weighted by molar-refractivity contribution is 6.33. The van der Waals surface area contributed by atoms with Gasteiger partial charge < -0.3 is 14.4 Å². The molecular weight excluding hydrogens is 392 g/mol. The molecule has 0 atom stereocenters. The first-order chi connectivity index (χ1) is 14.1. The van der Waals surface area contributed by atoms with E-state index in [-0.39, 0.29) is 23.9 Å². The number of benzene rings is 2. The van der Waals surface area contributed by atoms with Gasteiger partial charge in [-0.25, -0.2) is 0 Å². The van der Waals surface area contributed by atoms with Crippen LogP contribution in [0.2, 0.25) is 5.02 Å². The number of amides is 1. The Balaban J connectivity index is 1.57. The molecule has 1 N–H and O–H groups in total. The van der Waals surface area contributed by atoms with Gasteiger partial charge in [0.05, 0.1) is 10.7 Å². The summed E-state index contributed by atoms with van der Waals surface area (Å²) in [6.45, 7) is -0.183. The number of anilines is 1. The van der Waals surface area contributed by atoms with Crippen molar-refractivity contribution in [2.75, 3.05) is 5.32 Å². The summed E-state index contributed by atoms with van der Waals surface area (Å²) >= 11 is 6.05. The van der Waals surface area contributed by atoms with Crippen LogP contribution in [0, 0.1) is 0 Å². The summed E-state index contributed by atoms with van der Waals surface area (Å²) in [6.07, 6.45) is 1.52. The molecule has 1 amide bonds. The largest absolute Gasteiger partial charge is 0.333 e. The SMILES string of the molecule is O=C(Cn1cccc(-c2nc(-c3ccccc3)no2)c1=O)Nc1ccccc1Cl. The zero-order chi connectivity index (χ0) is 20.2. The highest BCUT2D eigenvalue weighted by atomic mass is 35.5. The number of aromatic nitrogens is 3. The monoisotopic (exact) mass is 406 g/mol. The van der Waals surface area contributed by atoms with E-state index in [9.17, 15) is 9.59 Å². The second kappa shape index (κ2) is 8.12. The molecule has 144 valence electrons. The number of carbonyl (C=O) groups is 1. The molecule has 0 radical (unpaired) electrons. The number of hydrogen-bond acceptors (Lipinski definition) is 5. The molecular formula is C21H15ClN4O3. The van der Waals surface area contributed by atoms with Gasteiger partial charge in [0.2, 0.25) is 11.7 Å². The average Bonchev–Trinajstić information content (AvgIpc) is 3.22. The topological polar surface area (TPSA) is 90.0 Å². The molecule has 0 fully saturated rings. The zero-order valence-corrected chi connectivity index (χ0v) is 15.8. The maximum absolute atomic E-state index is 12.8. The van der Waals surface area contributed by atoms with Crippen molar-refractivity contribution in [1.29, 1.82) is 0 Å². The number of hydrogen-bond donors (Lipinski definition) is 1. The van der Waals surface area contributed by atoms with Gasteiger partial charge in [-0.2, -0.15) is 4.98 Å². The van der Waals surface area contributed by atoms with Crippen LogP contribution in [-0.2, 0) is 11.3 Å². The Morgan fingerprint density at radius 1 is 1.03 bits per heavy atom. The fraction of sp³-hybridized carbons (Fsp3) is 0.0476. The smallest absolute Gasteiger partial charge is 0.263 e. The van der Waals surface area contributed by atoms with Gasteiger partial charge in [-0.3, -0.25) is 9.59 Å². The molecule has 0 bridgehead atoms. The summed E-state index contributed by atoms with van der Waals surface area (Å²) in [5, 5.41) is 7.04. The van der Waals surface area contributed by atoms with Crippen molar-refractivity contribution in [2.45, 2.75) is 6.54 Å². The Bertz CT molecular complexity index is 1220. The fourth-order valence-corrected chi connectivity index (χ4v) is 2.95. The van der Waals surface area contributed by atoms with Gasteiger partial charge in [-0.1, -0.05) is 59.2 Å². The molecule has 8 heteroatoms.